The molecule has 0 radical (unpaired) electrons. The Balaban J connectivity index is 3.11. The van der Waals surface area contributed by atoms with Gasteiger partial charge in [0, 0.05) is 19.2 Å². The molecule has 4 nitrogen and oxygen atoms in total. The predicted octanol–water partition coefficient (Wildman–Crippen LogP) is 2.53. The van der Waals surface area contributed by atoms with Gasteiger partial charge in [-0.25, -0.2) is 4.79 Å². The van der Waals surface area contributed by atoms with Crippen LogP contribution in [-0.2, 0) is 15.1 Å². The highest BCUT2D eigenvalue weighted by Gasteiger charge is 2.36. The quantitative estimate of drug-likeness (QED) is 0.791. The lowest BCUT2D eigenvalue weighted by Gasteiger charge is -2.28. The van der Waals surface area contributed by atoms with Crippen LogP contribution in [-0.4, -0.2) is 31.3 Å². The number of hydrogen-bond donors (Lipinski definition) is 2. The van der Waals surface area contributed by atoms with E-state index in [9.17, 15) is 9.90 Å². The van der Waals surface area contributed by atoms with Crippen LogP contribution < -0.4 is 5.32 Å². The normalized spacial score (nSPS) is 14.2. The van der Waals surface area contributed by atoms with E-state index in [4.69, 9.17) is 27.9 Å². The third-order valence-electron chi connectivity index (χ3n) is 2.70. The van der Waals surface area contributed by atoms with Gasteiger partial charge < -0.3 is 9.84 Å². The van der Waals surface area contributed by atoms with Gasteiger partial charge in [-0.1, -0.05) is 35.3 Å². The zero-order valence-electron chi connectivity index (χ0n) is 10.2. The summed E-state index contributed by atoms with van der Waals surface area (Å²) < 4.78 is 4.89. The SMILES string of the molecule is COCCNC(C)(C(=O)O)c1cccc(Cl)c1Cl. The number of hydrogen-bond acceptors (Lipinski definition) is 3. The van der Waals surface area contributed by atoms with Crippen LogP contribution >= 0.6 is 23.2 Å². The molecule has 0 aliphatic carbocycles. The summed E-state index contributed by atoms with van der Waals surface area (Å²) in [5, 5.41) is 12.9. The molecule has 0 bridgehead atoms. The maximum atomic E-state index is 11.5. The maximum absolute atomic E-state index is 11.5. The van der Waals surface area contributed by atoms with Crippen molar-refractivity contribution in [2.24, 2.45) is 0 Å². The van der Waals surface area contributed by atoms with Gasteiger partial charge >= 0.3 is 5.97 Å². The van der Waals surface area contributed by atoms with Gasteiger partial charge in [-0.2, -0.15) is 0 Å². The van der Waals surface area contributed by atoms with Crippen molar-refractivity contribution in [2.75, 3.05) is 20.3 Å². The molecular formula is C12H15Cl2NO3. The first-order chi connectivity index (χ1) is 8.43. The van der Waals surface area contributed by atoms with Crippen molar-refractivity contribution in [2.45, 2.75) is 12.5 Å². The summed E-state index contributed by atoms with van der Waals surface area (Å²) in [5.41, 5.74) is -0.874. The fraction of sp³-hybridized carbons (Fsp3) is 0.417. The van der Waals surface area contributed by atoms with Crippen molar-refractivity contribution < 1.29 is 14.6 Å². The highest BCUT2D eigenvalue weighted by Crippen LogP contribution is 2.33. The molecular weight excluding hydrogens is 277 g/mol. The zero-order valence-corrected chi connectivity index (χ0v) is 11.7. The number of methoxy groups -OCH3 is 1. The molecule has 0 spiro atoms. The highest BCUT2D eigenvalue weighted by molar-refractivity contribution is 6.42. The number of nitrogens with one attached hydrogen (secondary N) is 1. The Morgan fingerprint density at radius 3 is 2.72 bits per heavy atom. The van der Waals surface area contributed by atoms with E-state index in [0.29, 0.717) is 23.7 Å². The number of ether oxygens (including phenoxy) is 1. The molecule has 1 unspecified atom stereocenters. The van der Waals surface area contributed by atoms with Crippen molar-refractivity contribution in [3.8, 4) is 0 Å². The second kappa shape index (κ2) is 6.38. The van der Waals surface area contributed by atoms with E-state index in [1.165, 1.54) is 0 Å². The summed E-state index contributed by atoms with van der Waals surface area (Å²) in [6.45, 7) is 2.34. The van der Waals surface area contributed by atoms with E-state index in [0.717, 1.165) is 0 Å². The summed E-state index contributed by atoms with van der Waals surface area (Å²) in [4.78, 5) is 11.5. The lowest BCUT2D eigenvalue weighted by Crippen LogP contribution is -2.48. The third-order valence-corrected chi connectivity index (χ3v) is 3.52. The Labute approximate surface area is 116 Å². The number of aliphatic carboxylic acids is 1. The molecule has 0 saturated carbocycles. The summed E-state index contributed by atoms with van der Waals surface area (Å²) in [5.74, 6) is -1.03. The molecule has 100 valence electrons. The van der Waals surface area contributed by atoms with Gasteiger partial charge in [0.15, 0.2) is 0 Å². The van der Waals surface area contributed by atoms with Crippen LogP contribution in [0.1, 0.15) is 12.5 Å². The molecule has 0 saturated heterocycles. The Hall–Kier alpha value is -0.810. The molecule has 0 aliphatic rings. The maximum Gasteiger partial charge on any atom is 0.328 e. The van der Waals surface area contributed by atoms with Gasteiger partial charge in [-0.15, -0.1) is 0 Å². The molecule has 18 heavy (non-hydrogen) atoms. The molecule has 6 heteroatoms. The van der Waals surface area contributed by atoms with Gasteiger partial charge in [-0.3, -0.25) is 5.32 Å². The molecule has 0 aliphatic heterocycles. The van der Waals surface area contributed by atoms with Crippen molar-refractivity contribution >= 4 is 29.2 Å². The molecule has 1 aromatic rings. The van der Waals surface area contributed by atoms with Crippen molar-refractivity contribution in [3.05, 3.63) is 33.8 Å². The van der Waals surface area contributed by atoms with Gasteiger partial charge in [0.2, 0.25) is 0 Å². The molecule has 1 atom stereocenters. The van der Waals surface area contributed by atoms with E-state index < -0.39 is 11.5 Å². The smallest absolute Gasteiger partial charge is 0.328 e. The van der Waals surface area contributed by atoms with Crippen LogP contribution in [0.5, 0.6) is 0 Å². The average Bonchev–Trinajstić information content (AvgIpc) is 2.32. The molecule has 1 rings (SSSR count). The van der Waals surface area contributed by atoms with Crippen molar-refractivity contribution in [1.82, 2.24) is 5.32 Å². The predicted molar refractivity (Wildman–Crippen MR) is 71.3 cm³/mol. The molecule has 2 N–H and O–H groups in total. The third kappa shape index (κ3) is 3.14. The molecule has 1 aromatic carbocycles. The van der Waals surface area contributed by atoms with Gasteiger partial charge in [0.05, 0.1) is 16.7 Å². The first-order valence-electron chi connectivity index (χ1n) is 5.35. The fourth-order valence-corrected chi connectivity index (χ4v) is 2.07. The number of carbonyl (C=O) groups is 1. The second-order valence-corrected chi connectivity index (χ2v) is 4.74. The van der Waals surface area contributed by atoms with Crippen molar-refractivity contribution in [3.63, 3.8) is 0 Å². The van der Waals surface area contributed by atoms with Crippen LogP contribution in [0.25, 0.3) is 0 Å². The van der Waals surface area contributed by atoms with E-state index in [2.05, 4.69) is 5.32 Å². The Bertz CT molecular complexity index is 439. The Morgan fingerprint density at radius 2 is 2.17 bits per heavy atom. The van der Waals surface area contributed by atoms with Crippen LogP contribution in [0.3, 0.4) is 0 Å². The molecule has 0 amide bonds. The number of carboxylic acids is 1. The van der Waals surface area contributed by atoms with E-state index in [1.54, 1.807) is 32.2 Å². The summed E-state index contributed by atoms with van der Waals surface area (Å²) in [6.07, 6.45) is 0. The largest absolute Gasteiger partial charge is 0.480 e. The Kier molecular flexibility index (Phi) is 5.41. The molecule has 0 aromatic heterocycles. The highest BCUT2D eigenvalue weighted by atomic mass is 35.5. The minimum atomic E-state index is -1.31. The first kappa shape index (κ1) is 15.2. The second-order valence-electron chi connectivity index (χ2n) is 3.95. The van der Waals surface area contributed by atoms with Gasteiger partial charge in [-0.05, 0) is 13.0 Å². The monoisotopic (exact) mass is 291 g/mol. The van der Waals surface area contributed by atoms with E-state index in [1.807, 2.05) is 0 Å². The lowest BCUT2D eigenvalue weighted by atomic mass is 9.92. The standard InChI is InChI=1S/C12H15Cl2NO3/c1-12(11(16)17,15-6-7-18-2)8-4-3-5-9(13)10(8)14/h3-5,15H,6-7H2,1-2H3,(H,16,17). The minimum absolute atomic E-state index is 0.244. The van der Waals surface area contributed by atoms with Crippen molar-refractivity contribution in [1.29, 1.82) is 0 Å². The van der Waals surface area contributed by atoms with E-state index >= 15 is 0 Å². The number of rotatable bonds is 6. The minimum Gasteiger partial charge on any atom is -0.480 e. The average molecular weight is 292 g/mol. The number of halogens is 2. The summed E-state index contributed by atoms with van der Waals surface area (Å²) in [7, 11) is 1.55. The number of benzene rings is 1. The number of carboxylic acid groups (broad SMARTS) is 1. The summed E-state index contributed by atoms with van der Waals surface area (Å²) in [6, 6.07) is 4.93. The first-order valence-corrected chi connectivity index (χ1v) is 6.11. The van der Waals surface area contributed by atoms with Crippen LogP contribution in [0.15, 0.2) is 18.2 Å². The zero-order chi connectivity index (χ0) is 13.8. The van der Waals surface area contributed by atoms with E-state index in [-0.39, 0.29) is 5.02 Å². The van der Waals surface area contributed by atoms with Gasteiger partial charge in [0.1, 0.15) is 5.54 Å². The molecule has 0 heterocycles. The van der Waals surface area contributed by atoms with Crippen LogP contribution in [0, 0.1) is 0 Å². The van der Waals surface area contributed by atoms with Gasteiger partial charge in [0.25, 0.3) is 0 Å². The Morgan fingerprint density at radius 1 is 1.50 bits per heavy atom. The topological polar surface area (TPSA) is 58.6 Å². The fourth-order valence-electron chi connectivity index (χ4n) is 1.58. The molecule has 0 fully saturated rings. The lowest BCUT2D eigenvalue weighted by molar-refractivity contribution is -0.144. The summed E-state index contributed by atoms with van der Waals surface area (Å²) >= 11 is 12.0. The van der Waals surface area contributed by atoms with Crippen LogP contribution in [0.2, 0.25) is 10.0 Å². The van der Waals surface area contributed by atoms with Crippen LogP contribution in [0.4, 0.5) is 0 Å².